The third-order valence-electron chi connectivity index (χ3n) is 2.02. The van der Waals surface area contributed by atoms with Gasteiger partial charge in [-0.2, -0.15) is 0 Å². The van der Waals surface area contributed by atoms with Crippen molar-refractivity contribution < 1.29 is 4.39 Å². The number of hydrogen-bond acceptors (Lipinski definition) is 1. The minimum atomic E-state index is -0.744. The zero-order valence-electron chi connectivity index (χ0n) is 6.48. The molecule has 1 aliphatic rings. The van der Waals surface area contributed by atoms with Crippen LogP contribution in [0.15, 0.2) is 22.7 Å². The standard InChI is InChI=1S/C9H9BrFN/c10-7-1-2-9-6(3-7)4-8(11)5-12-9/h1-3,8,12H,4-5H2. The van der Waals surface area contributed by atoms with Gasteiger partial charge in [0.2, 0.25) is 0 Å². The lowest BCUT2D eigenvalue weighted by Gasteiger charge is -2.20. The molecule has 1 aromatic rings. The molecule has 1 nitrogen and oxygen atoms in total. The van der Waals surface area contributed by atoms with E-state index in [1.54, 1.807) is 0 Å². The molecular formula is C9H9BrFN. The van der Waals surface area contributed by atoms with Gasteiger partial charge in [-0.1, -0.05) is 15.9 Å². The van der Waals surface area contributed by atoms with E-state index in [1.165, 1.54) is 0 Å². The van der Waals surface area contributed by atoms with E-state index in [-0.39, 0.29) is 0 Å². The zero-order chi connectivity index (χ0) is 8.55. The molecular weight excluding hydrogens is 221 g/mol. The lowest BCUT2D eigenvalue weighted by atomic mass is 10.0. The predicted octanol–water partition coefficient (Wildman–Crippen LogP) is 2.76. The van der Waals surface area contributed by atoms with Crippen LogP contribution in [0.5, 0.6) is 0 Å². The van der Waals surface area contributed by atoms with E-state index < -0.39 is 6.17 Å². The van der Waals surface area contributed by atoms with Gasteiger partial charge in [0.1, 0.15) is 6.17 Å². The minimum Gasteiger partial charge on any atom is -0.382 e. The maximum Gasteiger partial charge on any atom is 0.121 e. The molecule has 0 amide bonds. The van der Waals surface area contributed by atoms with E-state index in [0.717, 1.165) is 15.7 Å². The van der Waals surface area contributed by atoms with Crippen molar-refractivity contribution in [1.29, 1.82) is 0 Å². The fraction of sp³-hybridized carbons (Fsp3) is 0.333. The Morgan fingerprint density at radius 3 is 3.17 bits per heavy atom. The largest absolute Gasteiger partial charge is 0.382 e. The fourth-order valence-corrected chi connectivity index (χ4v) is 1.84. The molecule has 3 heteroatoms. The first-order valence-electron chi connectivity index (χ1n) is 3.92. The van der Waals surface area contributed by atoms with Gasteiger partial charge < -0.3 is 5.32 Å². The Balaban J connectivity index is 2.37. The Morgan fingerprint density at radius 1 is 1.50 bits per heavy atom. The van der Waals surface area contributed by atoms with Gasteiger partial charge in [-0.15, -0.1) is 0 Å². The van der Waals surface area contributed by atoms with Crippen molar-refractivity contribution in [1.82, 2.24) is 0 Å². The van der Waals surface area contributed by atoms with Crippen molar-refractivity contribution in [3.8, 4) is 0 Å². The van der Waals surface area contributed by atoms with E-state index in [4.69, 9.17) is 0 Å². The van der Waals surface area contributed by atoms with Gasteiger partial charge in [0, 0.05) is 23.1 Å². The van der Waals surface area contributed by atoms with Crippen molar-refractivity contribution in [3.63, 3.8) is 0 Å². The van der Waals surface area contributed by atoms with E-state index in [1.807, 2.05) is 18.2 Å². The molecule has 1 aliphatic heterocycles. The Morgan fingerprint density at radius 2 is 2.33 bits per heavy atom. The predicted molar refractivity (Wildman–Crippen MR) is 51.2 cm³/mol. The van der Waals surface area contributed by atoms with Gasteiger partial charge in [-0.05, 0) is 23.8 Å². The van der Waals surface area contributed by atoms with Crippen LogP contribution < -0.4 is 5.32 Å². The molecule has 1 atom stereocenters. The Bertz CT molecular complexity index is 301. The normalized spacial score (nSPS) is 21.3. The quantitative estimate of drug-likeness (QED) is 0.722. The Kier molecular flexibility index (Phi) is 2.05. The lowest BCUT2D eigenvalue weighted by molar-refractivity contribution is 0.342. The molecule has 0 spiro atoms. The second kappa shape index (κ2) is 3.05. The number of rotatable bonds is 0. The molecule has 0 fully saturated rings. The highest BCUT2D eigenvalue weighted by atomic mass is 79.9. The summed E-state index contributed by atoms with van der Waals surface area (Å²) in [5, 5.41) is 3.04. The molecule has 64 valence electrons. The average Bonchev–Trinajstić information content (AvgIpc) is 2.03. The summed E-state index contributed by atoms with van der Waals surface area (Å²) >= 11 is 3.36. The summed E-state index contributed by atoms with van der Waals surface area (Å²) in [6.45, 7) is 0.439. The van der Waals surface area contributed by atoms with Crippen LogP contribution in [0.4, 0.5) is 10.1 Å². The highest BCUT2D eigenvalue weighted by molar-refractivity contribution is 9.10. The number of fused-ring (bicyclic) bond motifs is 1. The number of nitrogens with one attached hydrogen (secondary N) is 1. The highest BCUT2D eigenvalue weighted by Crippen LogP contribution is 2.26. The van der Waals surface area contributed by atoms with Crippen LogP contribution >= 0.6 is 15.9 Å². The summed E-state index contributed by atoms with van der Waals surface area (Å²) in [5.74, 6) is 0. The van der Waals surface area contributed by atoms with E-state index >= 15 is 0 Å². The first-order valence-corrected chi connectivity index (χ1v) is 4.71. The molecule has 0 bridgehead atoms. The molecule has 1 aromatic carbocycles. The molecule has 1 heterocycles. The molecule has 0 radical (unpaired) electrons. The Hall–Kier alpha value is -0.570. The third kappa shape index (κ3) is 1.46. The summed E-state index contributed by atoms with van der Waals surface area (Å²) in [4.78, 5) is 0. The van der Waals surface area contributed by atoms with Crippen molar-refractivity contribution >= 4 is 21.6 Å². The van der Waals surface area contributed by atoms with Crippen molar-refractivity contribution in [2.45, 2.75) is 12.6 Å². The maximum atomic E-state index is 12.9. The SMILES string of the molecule is FC1CNc2ccc(Br)cc2C1. The first kappa shape index (κ1) is 8.05. The molecule has 0 aliphatic carbocycles. The second-order valence-corrected chi connectivity index (χ2v) is 3.90. The summed E-state index contributed by atoms with van der Waals surface area (Å²) in [7, 11) is 0. The number of anilines is 1. The van der Waals surface area contributed by atoms with Crippen LogP contribution in [0.25, 0.3) is 0 Å². The van der Waals surface area contributed by atoms with Gasteiger partial charge in [0.15, 0.2) is 0 Å². The zero-order valence-corrected chi connectivity index (χ0v) is 8.07. The molecule has 1 N–H and O–H groups in total. The summed E-state index contributed by atoms with van der Waals surface area (Å²) in [5.41, 5.74) is 2.12. The van der Waals surface area contributed by atoms with E-state index in [0.29, 0.717) is 13.0 Å². The number of alkyl halides is 1. The smallest absolute Gasteiger partial charge is 0.121 e. The van der Waals surface area contributed by atoms with Crippen LogP contribution in [0.3, 0.4) is 0 Å². The third-order valence-corrected chi connectivity index (χ3v) is 2.52. The fourth-order valence-electron chi connectivity index (χ4n) is 1.44. The number of hydrogen-bond donors (Lipinski definition) is 1. The maximum absolute atomic E-state index is 12.9. The van der Waals surface area contributed by atoms with Crippen LogP contribution in [0.1, 0.15) is 5.56 Å². The summed E-state index contributed by atoms with van der Waals surface area (Å²) < 4.78 is 13.9. The van der Waals surface area contributed by atoms with Crippen LogP contribution in [-0.2, 0) is 6.42 Å². The molecule has 0 saturated heterocycles. The van der Waals surface area contributed by atoms with Crippen molar-refractivity contribution in [2.24, 2.45) is 0 Å². The second-order valence-electron chi connectivity index (χ2n) is 2.98. The monoisotopic (exact) mass is 229 g/mol. The van der Waals surface area contributed by atoms with Crippen LogP contribution in [0, 0.1) is 0 Å². The first-order chi connectivity index (χ1) is 5.75. The summed E-state index contributed by atoms with van der Waals surface area (Å²) in [6, 6.07) is 5.91. The van der Waals surface area contributed by atoms with Gasteiger partial charge in [0.05, 0.1) is 0 Å². The molecule has 0 saturated carbocycles. The highest BCUT2D eigenvalue weighted by Gasteiger charge is 2.16. The molecule has 1 unspecified atom stereocenters. The summed E-state index contributed by atoms with van der Waals surface area (Å²) in [6.07, 6.45) is -0.214. The van der Waals surface area contributed by atoms with Gasteiger partial charge in [-0.25, -0.2) is 4.39 Å². The lowest BCUT2D eigenvalue weighted by Crippen LogP contribution is -2.23. The molecule has 0 aromatic heterocycles. The molecule has 2 rings (SSSR count). The van der Waals surface area contributed by atoms with Crippen LogP contribution in [-0.4, -0.2) is 12.7 Å². The van der Waals surface area contributed by atoms with Gasteiger partial charge in [-0.3, -0.25) is 0 Å². The van der Waals surface area contributed by atoms with E-state index in [9.17, 15) is 4.39 Å². The van der Waals surface area contributed by atoms with E-state index in [2.05, 4.69) is 21.2 Å². The van der Waals surface area contributed by atoms with Crippen molar-refractivity contribution in [3.05, 3.63) is 28.2 Å². The minimum absolute atomic E-state index is 0.439. The number of benzene rings is 1. The number of halogens is 2. The van der Waals surface area contributed by atoms with Crippen molar-refractivity contribution in [2.75, 3.05) is 11.9 Å². The van der Waals surface area contributed by atoms with Crippen LogP contribution in [0.2, 0.25) is 0 Å². The Labute approximate surface area is 79.1 Å². The molecule has 12 heavy (non-hydrogen) atoms. The topological polar surface area (TPSA) is 12.0 Å². The average molecular weight is 230 g/mol. The van der Waals surface area contributed by atoms with Gasteiger partial charge >= 0.3 is 0 Å². The van der Waals surface area contributed by atoms with Gasteiger partial charge in [0.25, 0.3) is 0 Å².